The van der Waals surface area contributed by atoms with Crippen molar-refractivity contribution in [2.45, 2.75) is 72.8 Å². The highest BCUT2D eigenvalue weighted by atomic mass is 16.6. The van der Waals surface area contributed by atoms with Crippen molar-refractivity contribution >= 4 is 17.6 Å². The van der Waals surface area contributed by atoms with Gasteiger partial charge in [0.15, 0.2) is 0 Å². The van der Waals surface area contributed by atoms with Crippen LogP contribution in [0, 0.1) is 12.8 Å². The number of aryl methyl sites for hydroxylation is 2. The van der Waals surface area contributed by atoms with Crippen LogP contribution in [0.2, 0.25) is 0 Å². The van der Waals surface area contributed by atoms with Crippen LogP contribution in [0.25, 0.3) is 5.52 Å². The molecule has 7 heteroatoms. The van der Waals surface area contributed by atoms with Gasteiger partial charge in [0.1, 0.15) is 5.60 Å². The number of piperidine rings is 1. The van der Waals surface area contributed by atoms with Crippen LogP contribution in [0.5, 0.6) is 0 Å². The number of carbonyl (C=O) groups excluding carboxylic acids is 2. The SMILES string of the molecule is CCOC(=O)c1c(C)nn2c(CC)ccc2c1CC1CCN(C(=O)OC(C)(C)C)CC1. The highest BCUT2D eigenvalue weighted by molar-refractivity contribution is 5.94. The van der Waals surface area contributed by atoms with Gasteiger partial charge in [0.2, 0.25) is 0 Å². The molecule has 3 heterocycles. The molecule has 1 aliphatic heterocycles. The molecule has 1 saturated heterocycles. The number of aromatic nitrogens is 2. The molecule has 0 atom stereocenters. The number of amides is 1. The van der Waals surface area contributed by atoms with Crippen LogP contribution in [0.3, 0.4) is 0 Å². The molecule has 0 aliphatic carbocycles. The third kappa shape index (κ3) is 5.20. The van der Waals surface area contributed by atoms with E-state index in [-0.39, 0.29) is 12.1 Å². The number of rotatable bonds is 5. The van der Waals surface area contributed by atoms with Crippen molar-refractivity contribution in [2.24, 2.45) is 5.92 Å². The summed E-state index contributed by atoms with van der Waals surface area (Å²) in [6.45, 7) is 13.1. The van der Waals surface area contributed by atoms with Gasteiger partial charge in [-0.15, -0.1) is 0 Å². The maximum Gasteiger partial charge on any atom is 0.410 e. The number of hydrogen-bond donors (Lipinski definition) is 0. The molecule has 0 spiro atoms. The molecule has 0 bridgehead atoms. The lowest BCUT2D eigenvalue weighted by Crippen LogP contribution is -2.42. The quantitative estimate of drug-likeness (QED) is 0.651. The van der Waals surface area contributed by atoms with E-state index >= 15 is 0 Å². The first-order valence-corrected chi connectivity index (χ1v) is 11.3. The molecule has 1 amide bonds. The maximum atomic E-state index is 12.8. The van der Waals surface area contributed by atoms with Crippen LogP contribution in [-0.4, -0.2) is 51.9 Å². The van der Waals surface area contributed by atoms with Gasteiger partial charge in [-0.3, -0.25) is 0 Å². The van der Waals surface area contributed by atoms with Crippen LogP contribution < -0.4 is 0 Å². The molecule has 0 radical (unpaired) electrons. The minimum atomic E-state index is -0.491. The summed E-state index contributed by atoms with van der Waals surface area (Å²) in [5.41, 5.74) is 3.88. The summed E-state index contributed by atoms with van der Waals surface area (Å²) in [7, 11) is 0. The van der Waals surface area contributed by atoms with Gasteiger partial charge in [0, 0.05) is 18.8 Å². The van der Waals surface area contributed by atoms with Gasteiger partial charge in [-0.1, -0.05) is 6.92 Å². The van der Waals surface area contributed by atoms with Crippen molar-refractivity contribution in [3.8, 4) is 0 Å². The van der Waals surface area contributed by atoms with Crippen LogP contribution in [-0.2, 0) is 22.3 Å². The van der Waals surface area contributed by atoms with E-state index in [9.17, 15) is 9.59 Å². The molecule has 0 saturated carbocycles. The number of ether oxygens (including phenoxy) is 2. The topological polar surface area (TPSA) is 73.1 Å². The Kier molecular flexibility index (Phi) is 6.92. The lowest BCUT2D eigenvalue weighted by Gasteiger charge is -2.33. The van der Waals surface area contributed by atoms with E-state index in [0.717, 1.165) is 42.5 Å². The Labute approximate surface area is 184 Å². The highest BCUT2D eigenvalue weighted by Crippen LogP contribution is 2.29. The van der Waals surface area contributed by atoms with Crippen molar-refractivity contribution in [3.05, 3.63) is 34.6 Å². The zero-order chi connectivity index (χ0) is 22.8. The van der Waals surface area contributed by atoms with E-state index in [4.69, 9.17) is 9.47 Å². The van der Waals surface area contributed by atoms with Crippen molar-refractivity contribution < 1.29 is 19.1 Å². The summed E-state index contributed by atoms with van der Waals surface area (Å²) in [5, 5.41) is 4.68. The van der Waals surface area contributed by atoms with Crippen LogP contribution in [0.4, 0.5) is 4.79 Å². The fourth-order valence-corrected chi connectivity index (χ4v) is 4.25. The maximum absolute atomic E-state index is 12.8. The minimum absolute atomic E-state index is 0.250. The Morgan fingerprint density at radius 1 is 1.16 bits per heavy atom. The van der Waals surface area contributed by atoms with Crippen molar-refractivity contribution in [1.29, 1.82) is 0 Å². The summed E-state index contributed by atoms with van der Waals surface area (Å²) in [6.07, 6.45) is 3.12. The summed E-state index contributed by atoms with van der Waals surface area (Å²) < 4.78 is 12.8. The number of fused-ring (bicyclic) bond motifs is 1. The third-order valence-electron chi connectivity index (χ3n) is 5.76. The number of hydrogen-bond acceptors (Lipinski definition) is 5. The van der Waals surface area contributed by atoms with Gasteiger partial charge < -0.3 is 14.4 Å². The summed E-state index contributed by atoms with van der Waals surface area (Å²) in [4.78, 5) is 26.9. The predicted molar refractivity (Wildman–Crippen MR) is 119 cm³/mol. The normalized spacial score (nSPS) is 15.4. The number of carbonyl (C=O) groups is 2. The Morgan fingerprint density at radius 2 is 1.84 bits per heavy atom. The van der Waals surface area contributed by atoms with E-state index in [0.29, 0.717) is 36.9 Å². The van der Waals surface area contributed by atoms with Crippen LogP contribution in [0.15, 0.2) is 12.1 Å². The number of esters is 1. The van der Waals surface area contributed by atoms with Crippen LogP contribution >= 0.6 is 0 Å². The van der Waals surface area contributed by atoms with E-state index in [1.807, 2.05) is 39.1 Å². The van der Waals surface area contributed by atoms with Gasteiger partial charge in [0.25, 0.3) is 0 Å². The molecular formula is C24H35N3O4. The second-order valence-corrected chi connectivity index (χ2v) is 9.25. The fourth-order valence-electron chi connectivity index (χ4n) is 4.25. The highest BCUT2D eigenvalue weighted by Gasteiger charge is 2.29. The van der Waals surface area contributed by atoms with Crippen molar-refractivity contribution in [2.75, 3.05) is 19.7 Å². The van der Waals surface area contributed by atoms with Gasteiger partial charge >= 0.3 is 12.1 Å². The average Bonchev–Trinajstić information content (AvgIpc) is 3.10. The standard InChI is InChI=1S/C24H35N3O4/c1-7-18-9-10-20-19(21(22(28)30-8-2)16(3)25-27(18)20)15-17-11-13-26(14-12-17)23(29)31-24(4,5)6/h9-10,17H,7-8,11-15H2,1-6H3. The zero-order valence-electron chi connectivity index (χ0n) is 19.7. The smallest absolute Gasteiger partial charge is 0.410 e. The molecule has 0 unspecified atom stereocenters. The molecule has 31 heavy (non-hydrogen) atoms. The Hall–Kier alpha value is -2.57. The fraction of sp³-hybridized carbons (Fsp3) is 0.625. The van der Waals surface area contributed by atoms with Crippen molar-refractivity contribution in [3.63, 3.8) is 0 Å². The molecule has 7 nitrogen and oxygen atoms in total. The Morgan fingerprint density at radius 3 is 2.42 bits per heavy atom. The average molecular weight is 430 g/mol. The third-order valence-corrected chi connectivity index (χ3v) is 5.76. The molecule has 1 fully saturated rings. The lowest BCUT2D eigenvalue weighted by molar-refractivity contribution is 0.0184. The molecule has 170 valence electrons. The van der Waals surface area contributed by atoms with Gasteiger partial charge in [0.05, 0.1) is 23.4 Å². The number of likely N-dealkylation sites (tertiary alicyclic amines) is 1. The van der Waals surface area contributed by atoms with Gasteiger partial charge in [-0.2, -0.15) is 5.10 Å². The molecule has 3 rings (SSSR count). The summed E-state index contributed by atoms with van der Waals surface area (Å²) >= 11 is 0. The minimum Gasteiger partial charge on any atom is -0.462 e. The summed E-state index contributed by atoms with van der Waals surface area (Å²) in [6, 6.07) is 4.13. The molecule has 2 aromatic heterocycles. The van der Waals surface area contributed by atoms with Gasteiger partial charge in [-0.25, -0.2) is 14.1 Å². The predicted octanol–water partition coefficient (Wildman–Crippen LogP) is 4.57. The first-order chi connectivity index (χ1) is 14.6. The van der Waals surface area contributed by atoms with Gasteiger partial charge in [-0.05, 0) is 83.9 Å². The first kappa shape index (κ1) is 23.1. The first-order valence-electron chi connectivity index (χ1n) is 11.3. The monoisotopic (exact) mass is 429 g/mol. The number of nitrogens with zero attached hydrogens (tertiary/aromatic N) is 3. The van der Waals surface area contributed by atoms with Crippen molar-refractivity contribution in [1.82, 2.24) is 14.5 Å². The van der Waals surface area contributed by atoms with E-state index in [2.05, 4.69) is 24.2 Å². The largest absolute Gasteiger partial charge is 0.462 e. The zero-order valence-corrected chi connectivity index (χ0v) is 19.7. The molecular weight excluding hydrogens is 394 g/mol. The lowest BCUT2D eigenvalue weighted by atomic mass is 9.88. The van der Waals surface area contributed by atoms with E-state index < -0.39 is 5.60 Å². The second kappa shape index (κ2) is 9.28. The Bertz CT molecular complexity index is 950. The summed E-state index contributed by atoms with van der Waals surface area (Å²) in [5.74, 6) is 0.0629. The van der Waals surface area contributed by atoms with E-state index in [1.165, 1.54) is 0 Å². The molecule has 1 aliphatic rings. The molecule has 0 N–H and O–H groups in total. The Balaban J connectivity index is 1.84. The van der Waals surface area contributed by atoms with E-state index in [1.54, 1.807) is 4.90 Å². The molecule has 0 aromatic carbocycles. The van der Waals surface area contributed by atoms with Crippen LogP contribution in [0.1, 0.15) is 74.8 Å². The second-order valence-electron chi connectivity index (χ2n) is 9.25. The molecule has 2 aromatic rings.